The Bertz CT molecular complexity index is 537. The molecule has 0 saturated heterocycles. The van der Waals surface area contributed by atoms with Crippen molar-refractivity contribution >= 4 is 28.5 Å². The van der Waals surface area contributed by atoms with E-state index in [0.717, 1.165) is 0 Å². The Hall–Kier alpha value is -2.01. The fourth-order valence-electron chi connectivity index (χ4n) is 1.21. The standard InChI is InChI=1S/C12H9FN2OS/c13-10-3-1-2-9(8-10)4-5-11(16)15-12-14-6-7-17-12/h1-8H,(H,14,15,16). The second kappa shape index (κ2) is 5.36. The zero-order chi connectivity index (χ0) is 12.1. The Kier molecular flexibility index (Phi) is 3.62. The van der Waals surface area contributed by atoms with Crippen LogP contribution in [-0.2, 0) is 4.79 Å². The quantitative estimate of drug-likeness (QED) is 0.848. The fraction of sp³-hybridized carbons (Fsp3) is 0. The van der Waals surface area contributed by atoms with Crippen LogP contribution in [0.5, 0.6) is 0 Å². The lowest BCUT2D eigenvalue weighted by Crippen LogP contribution is -2.06. The first-order chi connectivity index (χ1) is 8.24. The summed E-state index contributed by atoms with van der Waals surface area (Å²) in [6.45, 7) is 0. The van der Waals surface area contributed by atoms with E-state index in [1.807, 2.05) is 0 Å². The van der Waals surface area contributed by atoms with Gasteiger partial charge in [-0.3, -0.25) is 10.1 Å². The number of aromatic nitrogens is 1. The predicted molar refractivity (Wildman–Crippen MR) is 66.2 cm³/mol. The van der Waals surface area contributed by atoms with Crippen molar-refractivity contribution in [1.29, 1.82) is 0 Å². The van der Waals surface area contributed by atoms with Crippen LogP contribution < -0.4 is 5.32 Å². The zero-order valence-corrected chi connectivity index (χ0v) is 9.58. The number of thiazole rings is 1. The molecule has 1 N–H and O–H groups in total. The summed E-state index contributed by atoms with van der Waals surface area (Å²) in [5.41, 5.74) is 0.638. The highest BCUT2D eigenvalue weighted by Crippen LogP contribution is 2.10. The number of hydrogen-bond donors (Lipinski definition) is 1. The van der Waals surface area contributed by atoms with Crippen molar-refractivity contribution in [2.75, 3.05) is 5.32 Å². The SMILES string of the molecule is O=C(C=Cc1cccc(F)c1)Nc1nccs1. The molecule has 0 aliphatic rings. The third kappa shape index (κ3) is 3.49. The van der Waals surface area contributed by atoms with E-state index in [9.17, 15) is 9.18 Å². The van der Waals surface area contributed by atoms with E-state index >= 15 is 0 Å². The maximum Gasteiger partial charge on any atom is 0.250 e. The molecule has 0 saturated carbocycles. The topological polar surface area (TPSA) is 42.0 Å². The van der Waals surface area contributed by atoms with Gasteiger partial charge in [-0.15, -0.1) is 11.3 Å². The molecular formula is C12H9FN2OS. The Morgan fingerprint density at radius 1 is 1.47 bits per heavy atom. The minimum absolute atomic E-state index is 0.288. The van der Waals surface area contributed by atoms with Crippen molar-refractivity contribution in [3.63, 3.8) is 0 Å². The number of halogens is 1. The van der Waals surface area contributed by atoms with Crippen molar-refractivity contribution in [3.05, 3.63) is 53.3 Å². The number of rotatable bonds is 3. The van der Waals surface area contributed by atoms with Crippen LogP contribution in [0.15, 0.2) is 41.9 Å². The second-order valence-electron chi connectivity index (χ2n) is 3.21. The first kappa shape index (κ1) is 11.5. The molecule has 2 rings (SSSR count). The highest BCUT2D eigenvalue weighted by atomic mass is 32.1. The fourth-order valence-corrected chi connectivity index (χ4v) is 1.75. The molecule has 1 aromatic heterocycles. The molecule has 0 aliphatic heterocycles. The smallest absolute Gasteiger partial charge is 0.250 e. The van der Waals surface area contributed by atoms with Gasteiger partial charge in [-0.2, -0.15) is 0 Å². The number of carbonyl (C=O) groups is 1. The molecule has 0 atom stereocenters. The third-order valence-electron chi connectivity index (χ3n) is 1.94. The summed E-state index contributed by atoms with van der Waals surface area (Å²) in [6.07, 6.45) is 4.50. The summed E-state index contributed by atoms with van der Waals surface area (Å²) < 4.78 is 12.9. The highest BCUT2D eigenvalue weighted by Gasteiger charge is 1.99. The molecule has 17 heavy (non-hydrogen) atoms. The van der Waals surface area contributed by atoms with Crippen LogP contribution in [0.1, 0.15) is 5.56 Å². The Balaban J connectivity index is 1.99. The van der Waals surface area contributed by atoms with Gasteiger partial charge in [-0.05, 0) is 23.8 Å². The molecule has 0 radical (unpaired) electrons. The van der Waals surface area contributed by atoms with Gasteiger partial charge >= 0.3 is 0 Å². The van der Waals surface area contributed by atoms with Gasteiger partial charge in [-0.25, -0.2) is 9.37 Å². The van der Waals surface area contributed by atoms with Gasteiger partial charge in [0.2, 0.25) is 5.91 Å². The Labute approximate surface area is 102 Å². The summed E-state index contributed by atoms with van der Waals surface area (Å²) in [7, 11) is 0. The number of benzene rings is 1. The average Bonchev–Trinajstić information content (AvgIpc) is 2.79. The summed E-state index contributed by atoms with van der Waals surface area (Å²) in [6, 6.07) is 6.02. The molecule has 0 fully saturated rings. The van der Waals surface area contributed by atoms with E-state index in [-0.39, 0.29) is 11.7 Å². The van der Waals surface area contributed by atoms with E-state index in [2.05, 4.69) is 10.3 Å². The van der Waals surface area contributed by atoms with Gasteiger partial charge in [0.05, 0.1) is 0 Å². The lowest BCUT2D eigenvalue weighted by atomic mass is 10.2. The van der Waals surface area contributed by atoms with Crippen molar-refractivity contribution in [3.8, 4) is 0 Å². The van der Waals surface area contributed by atoms with E-state index in [1.54, 1.807) is 29.8 Å². The number of carbonyl (C=O) groups excluding carboxylic acids is 1. The summed E-state index contributed by atoms with van der Waals surface area (Å²) >= 11 is 1.34. The predicted octanol–water partition coefficient (Wildman–Crippen LogP) is 2.93. The van der Waals surface area contributed by atoms with Crippen molar-refractivity contribution in [1.82, 2.24) is 4.98 Å². The van der Waals surface area contributed by atoms with Gasteiger partial charge < -0.3 is 0 Å². The largest absolute Gasteiger partial charge is 0.298 e. The normalized spacial score (nSPS) is 10.6. The molecule has 86 valence electrons. The average molecular weight is 248 g/mol. The molecule has 0 unspecified atom stereocenters. The lowest BCUT2D eigenvalue weighted by molar-refractivity contribution is -0.111. The highest BCUT2D eigenvalue weighted by molar-refractivity contribution is 7.13. The van der Waals surface area contributed by atoms with E-state index in [0.29, 0.717) is 10.7 Å². The first-order valence-electron chi connectivity index (χ1n) is 4.88. The molecule has 0 bridgehead atoms. The minimum Gasteiger partial charge on any atom is -0.298 e. The van der Waals surface area contributed by atoms with Crippen LogP contribution in [0, 0.1) is 5.82 Å². The van der Waals surface area contributed by atoms with E-state index in [4.69, 9.17) is 0 Å². The number of hydrogen-bond acceptors (Lipinski definition) is 3. The van der Waals surface area contributed by atoms with Crippen LogP contribution in [-0.4, -0.2) is 10.9 Å². The molecule has 0 aliphatic carbocycles. The van der Waals surface area contributed by atoms with Crippen LogP contribution in [0.3, 0.4) is 0 Å². The number of nitrogens with one attached hydrogen (secondary N) is 1. The summed E-state index contributed by atoms with van der Waals surface area (Å²) in [4.78, 5) is 15.4. The Morgan fingerprint density at radius 3 is 3.06 bits per heavy atom. The number of amides is 1. The molecule has 5 heteroatoms. The van der Waals surface area contributed by atoms with E-state index < -0.39 is 0 Å². The van der Waals surface area contributed by atoms with Crippen LogP contribution in [0.4, 0.5) is 9.52 Å². The molecule has 0 spiro atoms. The maximum atomic E-state index is 12.9. The summed E-state index contributed by atoms with van der Waals surface area (Å²) in [5.74, 6) is -0.614. The van der Waals surface area contributed by atoms with Gasteiger partial charge in [0.25, 0.3) is 0 Å². The van der Waals surface area contributed by atoms with Gasteiger partial charge in [0, 0.05) is 17.7 Å². The van der Waals surface area contributed by atoms with Crippen molar-refractivity contribution in [2.24, 2.45) is 0 Å². The van der Waals surface area contributed by atoms with Crippen LogP contribution >= 0.6 is 11.3 Å². The molecule has 1 aromatic carbocycles. The molecule has 1 amide bonds. The monoisotopic (exact) mass is 248 g/mol. The number of anilines is 1. The lowest BCUT2D eigenvalue weighted by Gasteiger charge is -1.96. The van der Waals surface area contributed by atoms with Crippen LogP contribution in [0.25, 0.3) is 6.08 Å². The molecule has 3 nitrogen and oxygen atoms in total. The van der Waals surface area contributed by atoms with Gasteiger partial charge in [0.1, 0.15) is 5.82 Å². The third-order valence-corrected chi connectivity index (χ3v) is 2.63. The molecule has 1 heterocycles. The van der Waals surface area contributed by atoms with Crippen LogP contribution in [0.2, 0.25) is 0 Å². The van der Waals surface area contributed by atoms with Crippen molar-refractivity contribution < 1.29 is 9.18 Å². The zero-order valence-electron chi connectivity index (χ0n) is 8.76. The number of nitrogens with zero attached hydrogens (tertiary/aromatic N) is 1. The summed E-state index contributed by atoms with van der Waals surface area (Å²) in [5, 5.41) is 4.91. The van der Waals surface area contributed by atoms with E-state index in [1.165, 1.54) is 29.5 Å². The van der Waals surface area contributed by atoms with Gasteiger partial charge in [-0.1, -0.05) is 12.1 Å². The van der Waals surface area contributed by atoms with Gasteiger partial charge in [0.15, 0.2) is 5.13 Å². The maximum absolute atomic E-state index is 12.9. The minimum atomic E-state index is -0.326. The second-order valence-corrected chi connectivity index (χ2v) is 4.11. The molecular weight excluding hydrogens is 239 g/mol. The molecule has 2 aromatic rings. The Morgan fingerprint density at radius 2 is 2.35 bits per heavy atom. The van der Waals surface area contributed by atoms with Crippen molar-refractivity contribution in [2.45, 2.75) is 0 Å². The first-order valence-corrected chi connectivity index (χ1v) is 5.76.